The number of benzene rings is 2. The average molecular weight is 278 g/mol. The molecule has 4 heteroatoms. The summed E-state index contributed by atoms with van der Waals surface area (Å²) in [7, 11) is 0. The summed E-state index contributed by atoms with van der Waals surface area (Å²) in [6, 6.07) is 8.99. The third kappa shape index (κ3) is 1.13. The lowest BCUT2D eigenvalue weighted by Crippen LogP contribution is -1.87. The predicted molar refractivity (Wildman–Crippen MR) is 79.3 cm³/mol. The summed E-state index contributed by atoms with van der Waals surface area (Å²) < 4.78 is 14.0. The first-order valence-corrected chi connectivity index (χ1v) is 7.23. The van der Waals surface area contributed by atoms with E-state index in [1.807, 2.05) is 29.0 Å². The van der Waals surface area contributed by atoms with Crippen LogP contribution in [0, 0.1) is 5.82 Å². The summed E-state index contributed by atoms with van der Waals surface area (Å²) in [4.78, 5) is 9.42. The maximum absolute atomic E-state index is 14.0. The molecular weight excluding hydrogens is 271 g/mol. The van der Waals surface area contributed by atoms with Gasteiger partial charge in [0.1, 0.15) is 16.9 Å². The Labute approximate surface area is 117 Å². The molecule has 0 bridgehead atoms. The molecule has 2 heterocycles. The number of thiophene rings is 1. The lowest BCUT2D eigenvalue weighted by atomic mass is 10.0. The zero-order chi connectivity index (χ0) is 13.3. The van der Waals surface area contributed by atoms with Gasteiger partial charge >= 0.3 is 0 Å². The minimum atomic E-state index is -0.195. The standard InChI is InChI=1S/C16H7FN2S/c17-11-5-4-10-14-8(11)2-1-3-9(14)15-16(10)19-13-7-20-6-12(13)18-15/h1-7H. The van der Waals surface area contributed by atoms with Crippen molar-refractivity contribution in [3.63, 3.8) is 0 Å². The van der Waals surface area contributed by atoms with Crippen molar-refractivity contribution in [1.29, 1.82) is 0 Å². The van der Waals surface area contributed by atoms with Gasteiger partial charge in [0.25, 0.3) is 0 Å². The van der Waals surface area contributed by atoms with Gasteiger partial charge in [0.05, 0.1) is 11.4 Å². The summed E-state index contributed by atoms with van der Waals surface area (Å²) in [6.07, 6.45) is 0. The number of hydrogen-bond donors (Lipinski definition) is 0. The molecule has 0 fully saturated rings. The molecule has 4 aromatic rings. The molecule has 0 atom stereocenters. The molecule has 0 aliphatic heterocycles. The molecule has 0 N–H and O–H groups in total. The van der Waals surface area contributed by atoms with Gasteiger partial charge in [0.2, 0.25) is 0 Å². The fourth-order valence-electron chi connectivity index (χ4n) is 2.94. The van der Waals surface area contributed by atoms with Crippen molar-refractivity contribution in [2.24, 2.45) is 0 Å². The van der Waals surface area contributed by atoms with Gasteiger partial charge in [-0.1, -0.05) is 18.2 Å². The highest BCUT2D eigenvalue weighted by Gasteiger charge is 2.25. The zero-order valence-electron chi connectivity index (χ0n) is 10.2. The smallest absolute Gasteiger partial charge is 0.131 e. The highest BCUT2D eigenvalue weighted by atomic mass is 32.1. The molecule has 0 saturated carbocycles. The van der Waals surface area contributed by atoms with Gasteiger partial charge in [-0.15, -0.1) is 11.3 Å². The maximum atomic E-state index is 14.0. The fraction of sp³-hybridized carbons (Fsp3) is 0. The van der Waals surface area contributed by atoms with Crippen molar-refractivity contribution < 1.29 is 4.39 Å². The van der Waals surface area contributed by atoms with E-state index < -0.39 is 0 Å². The summed E-state index contributed by atoms with van der Waals surface area (Å²) in [5, 5.41) is 5.56. The molecule has 0 radical (unpaired) electrons. The molecule has 0 unspecified atom stereocenters. The second-order valence-corrected chi connectivity index (χ2v) is 5.63. The molecule has 1 aliphatic carbocycles. The topological polar surface area (TPSA) is 25.8 Å². The Morgan fingerprint density at radius 1 is 0.850 bits per heavy atom. The van der Waals surface area contributed by atoms with Gasteiger partial charge in [-0.2, -0.15) is 0 Å². The van der Waals surface area contributed by atoms with E-state index in [9.17, 15) is 4.39 Å². The van der Waals surface area contributed by atoms with Crippen molar-refractivity contribution in [3.8, 4) is 22.5 Å². The summed E-state index contributed by atoms with van der Waals surface area (Å²) >= 11 is 1.60. The van der Waals surface area contributed by atoms with E-state index in [0.29, 0.717) is 5.39 Å². The van der Waals surface area contributed by atoms with E-state index in [1.165, 1.54) is 6.07 Å². The van der Waals surface area contributed by atoms with Crippen LogP contribution in [0.25, 0.3) is 44.3 Å². The van der Waals surface area contributed by atoms with Crippen LogP contribution in [0.2, 0.25) is 0 Å². The second-order valence-electron chi connectivity index (χ2n) is 4.89. The Bertz CT molecular complexity index is 976. The molecule has 2 nitrogen and oxygen atoms in total. The Morgan fingerprint density at radius 2 is 1.55 bits per heavy atom. The highest BCUT2D eigenvalue weighted by Crippen LogP contribution is 2.46. The number of nitrogens with zero attached hydrogens (tertiary/aromatic N) is 2. The number of halogens is 1. The van der Waals surface area contributed by atoms with Gasteiger partial charge < -0.3 is 0 Å². The van der Waals surface area contributed by atoms with E-state index in [-0.39, 0.29) is 5.82 Å². The van der Waals surface area contributed by atoms with Crippen LogP contribution in [0.3, 0.4) is 0 Å². The van der Waals surface area contributed by atoms with E-state index >= 15 is 0 Å². The van der Waals surface area contributed by atoms with E-state index in [2.05, 4.69) is 0 Å². The number of aromatic nitrogens is 2. The summed E-state index contributed by atoms with van der Waals surface area (Å²) in [5.74, 6) is -0.195. The minimum Gasteiger partial charge on any atom is -0.243 e. The Kier molecular flexibility index (Phi) is 1.78. The first-order valence-electron chi connectivity index (χ1n) is 6.29. The van der Waals surface area contributed by atoms with E-state index in [4.69, 9.17) is 9.97 Å². The molecule has 2 aromatic heterocycles. The van der Waals surface area contributed by atoms with Crippen LogP contribution < -0.4 is 0 Å². The van der Waals surface area contributed by atoms with E-state index in [0.717, 1.165) is 38.9 Å². The molecule has 1 aliphatic rings. The fourth-order valence-corrected chi connectivity index (χ4v) is 3.61. The number of fused-ring (bicyclic) bond motifs is 4. The van der Waals surface area contributed by atoms with Crippen LogP contribution in [-0.2, 0) is 0 Å². The van der Waals surface area contributed by atoms with Crippen molar-refractivity contribution in [3.05, 3.63) is 46.9 Å². The van der Waals surface area contributed by atoms with Crippen LogP contribution in [0.1, 0.15) is 0 Å². The van der Waals surface area contributed by atoms with Crippen LogP contribution >= 0.6 is 11.3 Å². The quantitative estimate of drug-likeness (QED) is 0.412. The van der Waals surface area contributed by atoms with Gasteiger partial charge in [-0.25, -0.2) is 14.4 Å². The van der Waals surface area contributed by atoms with Crippen LogP contribution in [0.5, 0.6) is 0 Å². The Morgan fingerprint density at radius 3 is 2.30 bits per heavy atom. The Hall–Kier alpha value is -2.33. The lowest BCUT2D eigenvalue weighted by Gasteiger charge is -2.01. The predicted octanol–water partition coefficient (Wildman–Crippen LogP) is 4.63. The third-order valence-corrected chi connectivity index (χ3v) is 4.53. The Balaban J connectivity index is 2.04. The molecule has 5 rings (SSSR count). The zero-order valence-corrected chi connectivity index (χ0v) is 11.0. The summed E-state index contributed by atoms with van der Waals surface area (Å²) in [5.41, 5.74) is 5.49. The van der Waals surface area contributed by atoms with Crippen LogP contribution in [-0.4, -0.2) is 9.97 Å². The van der Waals surface area contributed by atoms with Crippen molar-refractivity contribution in [1.82, 2.24) is 9.97 Å². The SMILES string of the molecule is Fc1ccc2c3c(cccc13)-c1nc3cscc3nc1-2. The lowest BCUT2D eigenvalue weighted by molar-refractivity contribution is 0.640. The monoisotopic (exact) mass is 278 g/mol. The molecule has 94 valence electrons. The van der Waals surface area contributed by atoms with Crippen molar-refractivity contribution >= 4 is 33.1 Å². The van der Waals surface area contributed by atoms with Crippen molar-refractivity contribution in [2.75, 3.05) is 0 Å². The maximum Gasteiger partial charge on any atom is 0.131 e. The second kappa shape index (κ2) is 3.41. The number of rotatable bonds is 0. The molecule has 20 heavy (non-hydrogen) atoms. The molecule has 0 amide bonds. The van der Waals surface area contributed by atoms with Gasteiger partial charge in [0.15, 0.2) is 0 Å². The van der Waals surface area contributed by atoms with E-state index in [1.54, 1.807) is 17.4 Å². The molecule has 0 saturated heterocycles. The normalized spacial score (nSPS) is 12.2. The first-order chi connectivity index (χ1) is 9.83. The first kappa shape index (κ1) is 10.5. The largest absolute Gasteiger partial charge is 0.243 e. The van der Waals surface area contributed by atoms with Crippen molar-refractivity contribution in [2.45, 2.75) is 0 Å². The average Bonchev–Trinajstić information content (AvgIpc) is 3.04. The van der Waals surface area contributed by atoms with Crippen LogP contribution in [0.15, 0.2) is 41.1 Å². The molecule has 0 spiro atoms. The molecular formula is C16H7FN2S. The third-order valence-electron chi connectivity index (χ3n) is 3.81. The minimum absolute atomic E-state index is 0.195. The van der Waals surface area contributed by atoms with Gasteiger partial charge in [-0.05, 0) is 12.1 Å². The van der Waals surface area contributed by atoms with Gasteiger partial charge in [-0.3, -0.25) is 0 Å². The van der Waals surface area contributed by atoms with Gasteiger partial charge in [0, 0.05) is 32.7 Å². The molecule has 2 aromatic carbocycles. The highest BCUT2D eigenvalue weighted by molar-refractivity contribution is 7.09. The summed E-state index contributed by atoms with van der Waals surface area (Å²) in [6.45, 7) is 0. The van der Waals surface area contributed by atoms with Crippen LogP contribution in [0.4, 0.5) is 4.39 Å². The number of hydrogen-bond acceptors (Lipinski definition) is 3.